The second-order valence-electron chi connectivity index (χ2n) is 3.60. The third kappa shape index (κ3) is 3.14. The molecule has 0 saturated carbocycles. The zero-order valence-corrected chi connectivity index (χ0v) is 8.06. The van der Waals surface area contributed by atoms with Crippen LogP contribution in [0.3, 0.4) is 0 Å². The van der Waals surface area contributed by atoms with E-state index in [-0.39, 0.29) is 11.6 Å². The Bertz CT molecular complexity index is 284. The summed E-state index contributed by atoms with van der Waals surface area (Å²) in [5.41, 5.74) is 5.24. The molecule has 0 radical (unpaired) electrons. The molecule has 13 heavy (non-hydrogen) atoms. The van der Waals surface area contributed by atoms with Crippen LogP contribution in [0, 0.1) is 0 Å². The Balaban J connectivity index is 2.63. The first kappa shape index (κ1) is 9.57. The molecule has 0 unspecified atom stereocenters. The third-order valence-corrected chi connectivity index (χ3v) is 1.15. The SMILES string of the molecule is CC(C)(C)ON=C(N)n1cccn1. The third-order valence-electron chi connectivity index (χ3n) is 1.15. The topological polar surface area (TPSA) is 65.4 Å². The van der Waals surface area contributed by atoms with Crippen LogP contribution in [0.1, 0.15) is 20.8 Å². The number of aromatic nitrogens is 2. The van der Waals surface area contributed by atoms with E-state index >= 15 is 0 Å². The largest absolute Gasteiger partial charge is 0.387 e. The van der Waals surface area contributed by atoms with Gasteiger partial charge in [0, 0.05) is 12.4 Å². The lowest BCUT2D eigenvalue weighted by Gasteiger charge is -2.15. The van der Waals surface area contributed by atoms with E-state index in [1.807, 2.05) is 20.8 Å². The van der Waals surface area contributed by atoms with Gasteiger partial charge in [0.1, 0.15) is 5.60 Å². The molecule has 1 aromatic rings. The fourth-order valence-electron chi connectivity index (χ4n) is 0.630. The van der Waals surface area contributed by atoms with Gasteiger partial charge in [-0.2, -0.15) is 5.10 Å². The molecule has 1 aromatic heterocycles. The summed E-state index contributed by atoms with van der Waals surface area (Å²) >= 11 is 0. The van der Waals surface area contributed by atoms with Gasteiger partial charge in [-0.05, 0) is 32.0 Å². The van der Waals surface area contributed by atoms with Crippen LogP contribution in [0.25, 0.3) is 0 Å². The second-order valence-corrected chi connectivity index (χ2v) is 3.60. The minimum atomic E-state index is -0.336. The van der Waals surface area contributed by atoms with E-state index in [0.717, 1.165) is 0 Å². The first-order valence-electron chi connectivity index (χ1n) is 4.01. The van der Waals surface area contributed by atoms with Crippen molar-refractivity contribution in [2.75, 3.05) is 0 Å². The number of nitrogens with two attached hydrogens (primary N) is 1. The van der Waals surface area contributed by atoms with Crippen molar-refractivity contribution >= 4 is 5.96 Å². The number of hydrogen-bond donors (Lipinski definition) is 1. The Morgan fingerprint density at radius 1 is 1.54 bits per heavy atom. The van der Waals surface area contributed by atoms with Crippen LogP contribution in [0.2, 0.25) is 0 Å². The summed E-state index contributed by atoms with van der Waals surface area (Å²) in [5, 5.41) is 7.63. The van der Waals surface area contributed by atoms with Crippen LogP contribution in [0.15, 0.2) is 23.6 Å². The Hall–Kier alpha value is -1.52. The van der Waals surface area contributed by atoms with Gasteiger partial charge in [0.05, 0.1) is 0 Å². The fourth-order valence-corrected chi connectivity index (χ4v) is 0.630. The molecule has 0 aliphatic heterocycles. The zero-order valence-electron chi connectivity index (χ0n) is 8.06. The first-order chi connectivity index (χ1) is 5.99. The number of nitrogens with zero attached hydrogens (tertiary/aromatic N) is 3. The maximum absolute atomic E-state index is 5.57. The van der Waals surface area contributed by atoms with Gasteiger partial charge in [0.2, 0.25) is 0 Å². The Morgan fingerprint density at radius 3 is 2.69 bits per heavy atom. The second kappa shape index (κ2) is 3.47. The van der Waals surface area contributed by atoms with E-state index in [1.54, 1.807) is 18.5 Å². The average Bonchev–Trinajstić information content (AvgIpc) is 2.50. The van der Waals surface area contributed by atoms with Gasteiger partial charge in [0.25, 0.3) is 5.96 Å². The molecule has 0 fully saturated rings. The van der Waals surface area contributed by atoms with Gasteiger partial charge < -0.3 is 10.6 Å². The molecule has 0 aromatic carbocycles. The summed E-state index contributed by atoms with van der Waals surface area (Å²) in [6, 6.07) is 1.76. The summed E-state index contributed by atoms with van der Waals surface area (Å²) in [4.78, 5) is 5.12. The lowest BCUT2D eigenvalue weighted by molar-refractivity contribution is -0.0000133. The lowest BCUT2D eigenvalue weighted by atomic mass is 10.2. The molecule has 1 rings (SSSR count). The average molecular weight is 182 g/mol. The van der Waals surface area contributed by atoms with Crippen molar-refractivity contribution in [2.24, 2.45) is 10.9 Å². The monoisotopic (exact) mass is 182 g/mol. The predicted octanol–water partition coefficient (Wildman–Crippen LogP) is 0.776. The normalized spacial score (nSPS) is 13.0. The minimum absolute atomic E-state index is 0.222. The van der Waals surface area contributed by atoms with Crippen LogP contribution >= 0.6 is 0 Å². The van der Waals surface area contributed by atoms with E-state index in [9.17, 15) is 0 Å². The van der Waals surface area contributed by atoms with Gasteiger partial charge in [-0.1, -0.05) is 0 Å². The lowest BCUT2D eigenvalue weighted by Crippen LogP contribution is -2.25. The van der Waals surface area contributed by atoms with E-state index < -0.39 is 0 Å². The Morgan fingerprint density at radius 2 is 2.23 bits per heavy atom. The quantitative estimate of drug-likeness (QED) is 0.396. The molecule has 1 heterocycles. The van der Waals surface area contributed by atoms with Gasteiger partial charge in [-0.3, -0.25) is 0 Å². The molecule has 0 aliphatic rings. The van der Waals surface area contributed by atoms with Crippen molar-refractivity contribution in [3.05, 3.63) is 18.5 Å². The van der Waals surface area contributed by atoms with E-state index in [2.05, 4.69) is 10.3 Å². The predicted molar refractivity (Wildman–Crippen MR) is 50.1 cm³/mol. The minimum Gasteiger partial charge on any atom is -0.387 e. The van der Waals surface area contributed by atoms with Crippen molar-refractivity contribution < 1.29 is 4.84 Å². The standard InChI is InChI=1S/C8H14N4O/c1-8(2,3)13-11-7(9)12-6-4-5-10-12/h4-6H,1-3H3,(H2,9,11). The van der Waals surface area contributed by atoms with Crippen molar-refractivity contribution in [3.63, 3.8) is 0 Å². The molecule has 0 aliphatic carbocycles. The molecule has 2 N–H and O–H groups in total. The molecule has 0 amide bonds. The number of rotatable bonds is 1. The highest BCUT2D eigenvalue weighted by atomic mass is 16.6. The Kier molecular flexibility index (Phi) is 2.55. The maximum atomic E-state index is 5.57. The van der Waals surface area contributed by atoms with Crippen LogP contribution < -0.4 is 5.73 Å². The molecular formula is C8H14N4O. The zero-order chi connectivity index (χ0) is 9.90. The summed E-state index contributed by atoms with van der Waals surface area (Å²) in [7, 11) is 0. The van der Waals surface area contributed by atoms with Crippen LogP contribution in [0.5, 0.6) is 0 Å². The van der Waals surface area contributed by atoms with E-state index in [4.69, 9.17) is 10.6 Å². The van der Waals surface area contributed by atoms with Gasteiger partial charge in [0.15, 0.2) is 0 Å². The van der Waals surface area contributed by atoms with Gasteiger partial charge >= 0.3 is 0 Å². The molecule has 0 spiro atoms. The number of oxime groups is 1. The molecule has 5 nitrogen and oxygen atoms in total. The highest BCUT2D eigenvalue weighted by Crippen LogP contribution is 2.06. The summed E-state index contributed by atoms with van der Waals surface area (Å²) < 4.78 is 1.44. The highest BCUT2D eigenvalue weighted by Gasteiger charge is 2.10. The smallest absolute Gasteiger partial charge is 0.258 e. The van der Waals surface area contributed by atoms with Crippen molar-refractivity contribution in [1.29, 1.82) is 0 Å². The summed E-state index contributed by atoms with van der Waals surface area (Å²) in [5.74, 6) is 0.222. The van der Waals surface area contributed by atoms with Crippen LogP contribution in [-0.4, -0.2) is 21.3 Å². The van der Waals surface area contributed by atoms with Gasteiger partial charge in [-0.15, -0.1) is 0 Å². The van der Waals surface area contributed by atoms with Crippen molar-refractivity contribution in [1.82, 2.24) is 9.78 Å². The summed E-state index contributed by atoms with van der Waals surface area (Å²) in [6.07, 6.45) is 3.32. The molecule has 0 atom stereocenters. The highest BCUT2D eigenvalue weighted by molar-refractivity contribution is 5.78. The van der Waals surface area contributed by atoms with Crippen LogP contribution in [0.4, 0.5) is 0 Å². The van der Waals surface area contributed by atoms with E-state index in [0.29, 0.717) is 0 Å². The first-order valence-corrected chi connectivity index (χ1v) is 4.01. The maximum Gasteiger partial charge on any atom is 0.258 e. The summed E-state index contributed by atoms with van der Waals surface area (Å²) in [6.45, 7) is 5.69. The molecular weight excluding hydrogens is 168 g/mol. The molecule has 0 bridgehead atoms. The molecule has 72 valence electrons. The number of hydrogen-bond acceptors (Lipinski definition) is 3. The Labute approximate surface area is 77.2 Å². The molecule has 5 heteroatoms. The van der Waals surface area contributed by atoms with Gasteiger partial charge in [-0.25, -0.2) is 4.68 Å². The fraction of sp³-hybridized carbons (Fsp3) is 0.500. The van der Waals surface area contributed by atoms with Crippen LogP contribution in [-0.2, 0) is 4.84 Å². The van der Waals surface area contributed by atoms with Crippen molar-refractivity contribution in [3.8, 4) is 0 Å². The van der Waals surface area contributed by atoms with Crippen molar-refractivity contribution in [2.45, 2.75) is 26.4 Å². The van der Waals surface area contributed by atoms with E-state index in [1.165, 1.54) is 4.68 Å². The molecule has 0 saturated heterocycles.